The monoisotopic (exact) mass is 404 g/mol. The normalized spacial score (nSPS) is 18.0. The van der Waals surface area contributed by atoms with E-state index in [1.807, 2.05) is 43.3 Å². The fourth-order valence-corrected chi connectivity index (χ4v) is 3.56. The number of benzene rings is 2. The van der Waals surface area contributed by atoms with Crippen LogP contribution in [0.25, 0.3) is 0 Å². The van der Waals surface area contributed by atoms with E-state index < -0.39 is 0 Å². The van der Waals surface area contributed by atoms with Crippen LogP contribution in [0.2, 0.25) is 10.0 Å². The maximum Gasteiger partial charge on any atom is 0.224 e. The zero-order valence-corrected chi connectivity index (χ0v) is 16.6. The zero-order chi connectivity index (χ0) is 19.4. The fraction of sp³-hybridized carbons (Fsp3) is 0.333. The summed E-state index contributed by atoms with van der Waals surface area (Å²) < 4.78 is 0. The van der Waals surface area contributed by atoms with E-state index in [0.717, 1.165) is 29.7 Å². The van der Waals surface area contributed by atoms with Crippen molar-refractivity contribution in [2.24, 2.45) is 5.92 Å². The molecular formula is C21H22Cl2N2O2. The molecule has 0 heterocycles. The molecule has 0 radical (unpaired) electrons. The highest BCUT2D eigenvalue weighted by molar-refractivity contribution is 6.42. The van der Waals surface area contributed by atoms with Crippen molar-refractivity contribution >= 4 is 40.7 Å². The van der Waals surface area contributed by atoms with Crippen LogP contribution in [0.4, 0.5) is 5.69 Å². The minimum Gasteiger partial charge on any atom is -0.352 e. The molecule has 1 saturated carbocycles. The highest BCUT2D eigenvalue weighted by Gasteiger charge is 2.44. The summed E-state index contributed by atoms with van der Waals surface area (Å²) in [5.41, 5.74) is 2.69. The second kappa shape index (κ2) is 8.77. The molecule has 142 valence electrons. The van der Waals surface area contributed by atoms with Gasteiger partial charge in [-0.15, -0.1) is 0 Å². The van der Waals surface area contributed by atoms with Gasteiger partial charge in [0.05, 0.1) is 10.0 Å². The van der Waals surface area contributed by atoms with E-state index in [0.29, 0.717) is 23.0 Å². The van der Waals surface area contributed by atoms with E-state index in [9.17, 15) is 9.59 Å². The standard InChI is InChI=1S/C21H22Cl2N2O2/c1-2-4-19(26)25-14-9-7-13(8-10-14)12-24-21(27)17-11-16(17)15-5-3-6-18(22)20(15)23/h3,5-10,16-17H,2,4,11-12H2,1H3,(H,24,27)(H,25,26). The Kier molecular flexibility index (Phi) is 6.40. The van der Waals surface area contributed by atoms with Crippen LogP contribution in [0.1, 0.15) is 43.2 Å². The van der Waals surface area contributed by atoms with Gasteiger partial charge in [0.15, 0.2) is 0 Å². The zero-order valence-electron chi connectivity index (χ0n) is 15.1. The lowest BCUT2D eigenvalue weighted by molar-refractivity contribution is -0.122. The fourth-order valence-electron chi connectivity index (χ4n) is 3.11. The molecular weight excluding hydrogens is 383 g/mol. The summed E-state index contributed by atoms with van der Waals surface area (Å²) >= 11 is 12.3. The molecule has 1 aliphatic rings. The van der Waals surface area contributed by atoms with Gasteiger partial charge in [0.2, 0.25) is 11.8 Å². The molecule has 2 atom stereocenters. The molecule has 3 rings (SSSR count). The highest BCUT2D eigenvalue weighted by Crippen LogP contribution is 2.50. The third-order valence-corrected chi connectivity index (χ3v) is 5.52. The van der Waals surface area contributed by atoms with Crippen LogP contribution in [0, 0.1) is 5.92 Å². The molecule has 0 saturated heterocycles. The Morgan fingerprint density at radius 3 is 2.56 bits per heavy atom. The van der Waals surface area contributed by atoms with Crippen molar-refractivity contribution in [2.45, 2.75) is 38.6 Å². The molecule has 2 aromatic carbocycles. The molecule has 2 aromatic rings. The van der Waals surface area contributed by atoms with Gasteiger partial charge in [-0.3, -0.25) is 9.59 Å². The smallest absolute Gasteiger partial charge is 0.224 e. The molecule has 2 unspecified atom stereocenters. The number of amides is 2. The minimum atomic E-state index is -0.0615. The van der Waals surface area contributed by atoms with Crippen molar-refractivity contribution in [1.29, 1.82) is 0 Å². The predicted octanol–water partition coefficient (Wildman–Crippen LogP) is 5.15. The van der Waals surface area contributed by atoms with Crippen LogP contribution in [0.15, 0.2) is 42.5 Å². The van der Waals surface area contributed by atoms with Gasteiger partial charge in [-0.25, -0.2) is 0 Å². The molecule has 0 bridgehead atoms. The van der Waals surface area contributed by atoms with Gasteiger partial charge in [0.25, 0.3) is 0 Å². The molecule has 0 aliphatic heterocycles. The topological polar surface area (TPSA) is 58.2 Å². The summed E-state index contributed by atoms with van der Waals surface area (Å²) in [6.45, 7) is 2.42. The van der Waals surface area contributed by atoms with Gasteiger partial charge in [-0.1, -0.05) is 54.4 Å². The number of hydrogen-bond donors (Lipinski definition) is 2. The molecule has 2 N–H and O–H groups in total. The first-order valence-electron chi connectivity index (χ1n) is 9.10. The van der Waals surface area contributed by atoms with Crippen molar-refractivity contribution in [3.05, 3.63) is 63.6 Å². The summed E-state index contributed by atoms with van der Waals surface area (Å²) in [5.74, 6) is 0.107. The lowest BCUT2D eigenvalue weighted by atomic mass is 10.1. The first-order valence-corrected chi connectivity index (χ1v) is 9.85. The van der Waals surface area contributed by atoms with E-state index in [1.165, 1.54) is 0 Å². The molecule has 0 spiro atoms. The lowest BCUT2D eigenvalue weighted by Crippen LogP contribution is -2.24. The van der Waals surface area contributed by atoms with Crippen LogP contribution in [-0.2, 0) is 16.1 Å². The second-order valence-corrected chi connectivity index (χ2v) is 7.59. The van der Waals surface area contributed by atoms with E-state index >= 15 is 0 Å². The van der Waals surface area contributed by atoms with Crippen LogP contribution >= 0.6 is 23.2 Å². The summed E-state index contributed by atoms with van der Waals surface area (Å²) in [6.07, 6.45) is 2.11. The van der Waals surface area contributed by atoms with Crippen molar-refractivity contribution in [2.75, 3.05) is 5.32 Å². The summed E-state index contributed by atoms with van der Waals surface area (Å²) in [4.78, 5) is 24.0. The third kappa shape index (κ3) is 5.02. The molecule has 6 heteroatoms. The van der Waals surface area contributed by atoms with E-state index in [1.54, 1.807) is 6.07 Å². The molecule has 2 amide bonds. The Labute approximate surface area is 169 Å². The first-order chi connectivity index (χ1) is 13.0. The number of halogens is 2. The van der Waals surface area contributed by atoms with Gasteiger partial charge in [-0.2, -0.15) is 0 Å². The van der Waals surface area contributed by atoms with Gasteiger partial charge in [0, 0.05) is 24.6 Å². The SMILES string of the molecule is CCCC(=O)Nc1ccc(CNC(=O)C2CC2c2cccc(Cl)c2Cl)cc1. The Bertz CT molecular complexity index is 837. The van der Waals surface area contributed by atoms with Crippen LogP contribution in [0.3, 0.4) is 0 Å². The number of hydrogen-bond acceptors (Lipinski definition) is 2. The quantitative estimate of drug-likeness (QED) is 0.669. The summed E-state index contributed by atoms with van der Waals surface area (Å²) in [7, 11) is 0. The van der Waals surface area contributed by atoms with Crippen molar-refractivity contribution in [1.82, 2.24) is 5.32 Å². The molecule has 0 aromatic heterocycles. The molecule has 1 aliphatic carbocycles. The number of anilines is 1. The molecule has 1 fully saturated rings. The van der Waals surface area contributed by atoms with Crippen molar-refractivity contribution in [3.63, 3.8) is 0 Å². The maximum absolute atomic E-state index is 12.4. The number of rotatable bonds is 7. The van der Waals surface area contributed by atoms with E-state index in [-0.39, 0.29) is 23.7 Å². The highest BCUT2D eigenvalue weighted by atomic mass is 35.5. The van der Waals surface area contributed by atoms with Crippen molar-refractivity contribution in [3.8, 4) is 0 Å². The van der Waals surface area contributed by atoms with Crippen molar-refractivity contribution < 1.29 is 9.59 Å². The Hall–Kier alpha value is -2.04. The second-order valence-electron chi connectivity index (χ2n) is 6.80. The largest absolute Gasteiger partial charge is 0.352 e. The lowest BCUT2D eigenvalue weighted by Gasteiger charge is -2.08. The van der Waals surface area contributed by atoms with Crippen LogP contribution < -0.4 is 10.6 Å². The summed E-state index contributed by atoms with van der Waals surface area (Å²) in [6, 6.07) is 13.0. The average Bonchev–Trinajstić information content (AvgIpc) is 3.44. The molecule has 4 nitrogen and oxygen atoms in total. The van der Waals surface area contributed by atoms with Gasteiger partial charge >= 0.3 is 0 Å². The Morgan fingerprint density at radius 1 is 1.11 bits per heavy atom. The van der Waals surface area contributed by atoms with Crippen LogP contribution in [-0.4, -0.2) is 11.8 Å². The maximum atomic E-state index is 12.4. The first kappa shape index (κ1) is 19.7. The van der Waals surface area contributed by atoms with Gasteiger partial charge < -0.3 is 10.6 Å². The van der Waals surface area contributed by atoms with Gasteiger partial charge in [0.1, 0.15) is 0 Å². The number of nitrogens with one attached hydrogen (secondary N) is 2. The number of carbonyl (C=O) groups is 2. The molecule has 27 heavy (non-hydrogen) atoms. The third-order valence-electron chi connectivity index (χ3n) is 4.69. The predicted molar refractivity (Wildman–Crippen MR) is 109 cm³/mol. The minimum absolute atomic E-state index is 0.0120. The van der Waals surface area contributed by atoms with E-state index in [4.69, 9.17) is 23.2 Å². The van der Waals surface area contributed by atoms with Crippen LogP contribution in [0.5, 0.6) is 0 Å². The van der Waals surface area contributed by atoms with E-state index in [2.05, 4.69) is 10.6 Å². The van der Waals surface area contributed by atoms with Gasteiger partial charge in [-0.05, 0) is 48.1 Å². The summed E-state index contributed by atoms with van der Waals surface area (Å²) in [5, 5.41) is 6.88. The average molecular weight is 405 g/mol. The Balaban J connectivity index is 1.50. The number of carbonyl (C=O) groups excluding carboxylic acids is 2. The Morgan fingerprint density at radius 2 is 1.85 bits per heavy atom.